The summed E-state index contributed by atoms with van der Waals surface area (Å²) in [6.45, 7) is 2.41. The van der Waals surface area contributed by atoms with Crippen LogP contribution in [0.2, 0.25) is 0 Å². The maximum absolute atomic E-state index is 12.1. The van der Waals surface area contributed by atoms with E-state index in [-0.39, 0.29) is 0 Å². The van der Waals surface area contributed by atoms with Gasteiger partial charge in [0.25, 0.3) is 0 Å². The van der Waals surface area contributed by atoms with Gasteiger partial charge in [-0.1, -0.05) is 0 Å². The second-order valence-corrected chi connectivity index (χ2v) is 3.13. The first-order chi connectivity index (χ1) is 4.65. The highest BCUT2D eigenvalue weighted by atomic mass is 19.3. The van der Waals surface area contributed by atoms with Gasteiger partial charge in [0.1, 0.15) is 0 Å². The lowest BCUT2D eigenvalue weighted by Gasteiger charge is -2.22. The Morgan fingerprint density at radius 2 is 1.91 bits per heavy atom. The summed E-state index contributed by atoms with van der Waals surface area (Å²) in [5.41, 5.74) is 2.89. The summed E-state index contributed by atoms with van der Waals surface area (Å²) in [6, 6.07) is -3.41. The Morgan fingerprint density at radius 3 is 2.00 bits per heavy atom. The minimum atomic E-state index is -3.41. The Labute approximate surface area is 63.2 Å². The average molecular weight is 167 g/mol. The van der Waals surface area contributed by atoms with Gasteiger partial charge in [0, 0.05) is 6.42 Å². The topological polar surface area (TPSA) is 63.3 Å². The molecule has 0 saturated heterocycles. The first-order valence-electron chi connectivity index (χ1n) is 3.05. The van der Waals surface area contributed by atoms with Crippen LogP contribution in [0.4, 0.5) is 8.78 Å². The van der Waals surface area contributed by atoms with Crippen LogP contribution in [0.25, 0.3) is 0 Å². The second-order valence-electron chi connectivity index (χ2n) is 3.13. The van der Waals surface area contributed by atoms with Crippen LogP contribution in [0.15, 0.2) is 0 Å². The van der Waals surface area contributed by atoms with Gasteiger partial charge in [-0.2, -0.15) is 8.78 Å². The Hall–Kier alpha value is -0.710. The number of aliphatic carboxylic acids is 1. The fourth-order valence-corrected chi connectivity index (χ4v) is 0.665. The molecule has 3 N–H and O–H groups in total. The van der Waals surface area contributed by atoms with Crippen LogP contribution in [0.3, 0.4) is 0 Å². The summed E-state index contributed by atoms with van der Waals surface area (Å²) in [5, 5.41) is 8.42. The van der Waals surface area contributed by atoms with E-state index in [1.54, 1.807) is 0 Å². The summed E-state index contributed by atoms with van der Waals surface area (Å²) >= 11 is 0. The quantitative estimate of drug-likeness (QED) is 0.617. The van der Waals surface area contributed by atoms with Crippen LogP contribution in [-0.2, 0) is 4.79 Å². The molecule has 0 aromatic rings. The maximum atomic E-state index is 12.1. The largest absolute Gasteiger partial charge is 0.481 e. The van der Waals surface area contributed by atoms with Gasteiger partial charge in [-0.05, 0) is 13.8 Å². The van der Waals surface area contributed by atoms with Gasteiger partial charge in [-0.25, -0.2) is 0 Å². The third-order valence-corrected chi connectivity index (χ3v) is 1.26. The molecule has 0 aromatic heterocycles. The number of hydrogen-bond acceptors (Lipinski definition) is 2. The molecule has 0 aromatic carbocycles. The van der Waals surface area contributed by atoms with Gasteiger partial charge in [0.2, 0.25) is 0 Å². The normalized spacial score (nSPS) is 13.2. The smallest absolute Gasteiger partial charge is 0.309 e. The zero-order chi connectivity index (χ0) is 9.28. The molecule has 0 heterocycles. The number of carboxylic acid groups (broad SMARTS) is 1. The van der Waals surface area contributed by atoms with E-state index in [2.05, 4.69) is 5.73 Å². The Kier molecular flexibility index (Phi) is 2.55. The molecule has 0 bridgehead atoms. The SMILES string of the molecule is CC(C)(CC(N)(F)F)C(=O)O. The molecule has 3 nitrogen and oxygen atoms in total. The Bertz CT molecular complexity index is 162. The highest BCUT2D eigenvalue weighted by Crippen LogP contribution is 2.28. The van der Waals surface area contributed by atoms with Crippen molar-refractivity contribution in [2.45, 2.75) is 26.3 Å². The third-order valence-electron chi connectivity index (χ3n) is 1.26. The lowest BCUT2D eigenvalue weighted by molar-refractivity contribution is -0.152. The standard InChI is InChI=1S/C6H11F2NO2/c1-5(2,4(10)11)3-6(7,8)9/h3,9H2,1-2H3,(H,10,11). The zero-order valence-corrected chi connectivity index (χ0v) is 6.40. The first kappa shape index (κ1) is 10.3. The molecule has 0 unspecified atom stereocenters. The summed E-state index contributed by atoms with van der Waals surface area (Å²) in [5.74, 6) is -1.28. The average Bonchev–Trinajstić information content (AvgIpc) is 1.56. The minimum Gasteiger partial charge on any atom is -0.481 e. The number of halogens is 2. The number of hydrogen-bond donors (Lipinski definition) is 2. The van der Waals surface area contributed by atoms with E-state index in [9.17, 15) is 13.6 Å². The summed E-state index contributed by atoms with van der Waals surface area (Å²) < 4.78 is 24.2. The van der Waals surface area contributed by atoms with Crippen molar-refractivity contribution >= 4 is 5.97 Å². The van der Waals surface area contributed by atoms with Crippen molar-refractivity contribution in [1.82, 2.24) is 0 Å². The molecule has 0 spiro atoms. The molecular formula is C6H11F2NO2. The lowest BCUT2D eigenvalue weighted by atomic mass is 9.89. The van der Waals surface area contributed by atoms with E-state index in [1.807, 2.05) is 0 Å². The van der Waals surface area contributed by atoms with Crippen molar-refractivity contribution in [3.8, 4) is 0 Å². The molecule has 0 rings (SSSR count). The van der Waals surface area contributed by atoms with Gasteiger partial charge >= 0.3 is 12.0 Å². The molecule has 0 fully saturated rings. The number of rotatable bonds is 3. The number of carbonyl (C=O) groups is 1. The Morgan fingerprint density at radius 1 is 1.55 bits per heavy atom. The van der Waals surface area contributed by atoms with Crippen molar-refractivity contribution in [1.29, 1.82) is 0 Å². The molecule has 0 aliphatic carbocycles. The van der Waals surface area contributed by atoms with Crippen molar-refractivity contribution in [2.75, 3.05) is 0 Å². The zero-order valence-electron chi connectivity index (χ0n) is 6.40. The molecule has 5 heteroatoms. The van der Waals surface area contributed by atoms with Gasteiger partial charge < -0.3 is 5.11 Å². The monoisotopic (exact) mass is 167 g/mol. The fraction of sp³-hybridized carbons (Fsp3) is 0.833. The summed E-state index contributed by atoms with van der Waals surface area (Å²) in [4.78, 5) is 10.3. The highest BCUT2D eigenvalue weighted by Gasteiger charge is 2.37. The predicted molar refractivity (Wildman–Crippen MR) is 35.2 cm³/mol. The van der Waals surface area contributed by atoms with E-state index < -0.39 is 23.9 Å². The van der Waals surface area contributed by atoms with Crippen LogP contribution in [0.5, 0.6) is 0 Å². The predicted octanol–water partition coefficient (Wildman–Crippen LogP) is 1.04. The van der Waals surface area contributed by atoms with Crippen molar-refractivity contribution < 1.29 is 18.7 Å². The lowest BCUT2D eigenvalue weighted by Crippen LogP contribution is -2.38. The molecule has 0 atom stereocenters. The van der Waals surface area contributed by atoms with E-state index in [0.717, 1.165) is 0 Å². The highest BCUT2D eigenvalue weighted by molar-refractivity contribution is 5.73. The number of carboxylic acids is 1. The van der Waals surface area contributed by atoms with Crippen LogP contribution in [-0.4, -0.2) is 17.1 Å². The molecule has 0 amide bonds. The Balaban J connectivity index is 4.25. The molecule has 0 aliphatic heterocycles. The van der Waals surface area contributed by atoms with Crippen molar-refractivity contribution in [3.05, 3.63) is 0 Å². The number of nitrogens with two attached hydrogens (primary N) is 1. The van der Waals surface area contributed by atoms with E-state index >= 15 is 0 Å². The molecule has 0 radical (unpaired) electrons. The van der Waals surface area contributed by atoms with Crippen LogP contribution in [0, 0.1) is 5.41 Å². The van der Waals surface area contributed by atoms with Gasteiger partial charge in [0.05, 0.1) is 5.41 Å². The molecular weight excluding hydrogens is 156 g/mol. The summed E-state index contributed by atoms with van der Waals surface area (Å²) in [6.07, 6.45) is -0.852. The second kappa shape index (κ2) is 2.73. The molecule has 0 saturated carbocycles. The first-order valence-corrected chi connectivity index (χ1v) is 3.05. The van der Waals surface area contributed by atoms with E-state index in [0.29, 0.717) is 0 Å². The molecule has 66 valence electrons. The van der Waals surface area contributed by atoms with Gasteiger partial charge in [-0.3, -0.25) is 10.5 Å². The third kappa shape index (κ3) is 3.87. The number of alkyl halides is 2. The van der Waals surface area contributed by atoms with Crippen LogP contribution >= 0.6 is 0 Å². The van der Waals surface area contributed by atoms with Gasteiger partial charge in [0.15, 0.2) is 0 Å². The molecule has 0 aliphatic rings. The summed E-state index contributed by atoms with van der Waals surface area (Å²) in [7, 11) is 0. The van der Waals surface area contributed by atoms with Crippen LogP contribution < -0.4 is 5.73 Å². The van der Waals surface area contributed by atoms with Crippen molar-refractivity contribution in [2.24, 2.45) is 11.1 Å². The van der Waals surface area contributed by atoms with E-state index in [4.69, 9.17) is 5.11 Å². The maximum Gasteiger partial charge on any atom is 0.309 e. The van der Waals surface area contributed by atoms with Crippen LogP contribution in [0.1, 0.15) is 20.3 Å². The fourth-order valence-electron chi connectivity index (χ4n) is 0.665. The van der Waals surface area contributed by atoms with Gasteiger partial charge in [-0.15, -0.1) is 0 Å². The van der Waals surface area contributed by atoms with Crippen molar-refractivity contribution in [3.63, 3.8) is 0 Å². The van der Waals surface area contributed by atoms with E-state index in [1.165, 1.54) is 13.8 Å². The minimum absolute atomic E-state index is 0.852. The molecule has 11 heavy (non-hydrogen) atoms.